The van der Waals surface area contributed by atoms with Crippen LogP contribution in [0.2, 0.25) is 5.15 Å². The highest BCUT2D eigenvalue weighted by molar-refractivity contribution is 7.98. The predicted molar refractivity (Wildman–Crippen MR) is 68.2 cm³/mol. The van der Waals surface area contributed by atoms with Crippen molar-refractivity contribution < 1.29 is 5.11 Å². The molecule has 1 atom stereocenters. The number of rotatable bonds is 6. The van der Waals surface area contributed by atoms with E-state index < -0.39 is 0 Å². The molecule has 2 N–H and O–H groups in total. The average Bonchev–Trinajstić information content (AvgIpc) is 2.25. The number of halogens is 1. The summed E-state index contributed by atoms with van der Waals surface area (Å²) in [5.74, 6) is 0.731. The third-order valence-corrected chi connectivity index (χ3v) is 2.79. The number of nitrogens with one attached hydrogen (secondary N) is 1. The lowest BCUT2D eigenvalue weighted by atomic mass is 10.2. The van der Waals surface area contributed by atoms with E-state index in [0.29, 0.717) is 10.3 Å². The Labute approximate surface area is 105 Å². The molecule has 90 valence electrons. The number of hydrogen-bond acceptors (Lipinski definition) is 5. The standard InChI is InChI=1S/C10H16ClN3OS/c1-7(4-3-5-15)12-9-6-8(11)13-10(14-9)16-2/h6-7,15H,3-5H2,1-2H3,(H,12,13,14). The fourth-order valence-corrected chi connectivity index (χ4v) is 1.90. The molecule has 0 fully saturated rings. The van der Waals surface area contributed by atoms with Gasteiger partial charge < -0.3 is 10.4 Å². The van der Waals surface area contributed by atoms with Crippen LogP contribution in [0.4, 0.5) is 5.82 Å². The maximum atomic E-state index is 8.73. The average molecular weight is 262 g/mol. The highest BCUT2D eigenvalue weighted by Gasteiger charge is 2.06. The van der Waals surface area contributed by atoms with E-state index >= 15 is 0 Å². The molecule has 0 aliphatic carbocycles. The van der Waals surface area contributed by atoms with Gasteiger partial charge in [-0.1, -0.05) is 23.4 Å². The van der Waals surface area contributed by atoms with Crippen molar-refractivity contribution in [2.24, 2.45) is 0 Å². The molecule has 0 spiro atoms. The van der Waals surface area contributed by atoms with Crippen molar-refractivity contribution in [1.29, 1.82) is 0 Å². The van der Waals surface area contributed by atoms with E-state index in [2.05, 4.69) is 15.3 Å². The third-order valence-electron chi connectivity index (χ3n) is 2.05. The van der Waals surface area contributed by atoms with Crippen molar-refractivity contribution in [1.82, 2.24) is 9.97 Å². The molecule has 0 aliphatic heterocycles. The highest BCUT2D eigenvalue weighted by Crippen LogP contribution is 2.18. The molecule has 1 rings (SSSR count). The minimum absolute atomic E-state index is 0.215. The summed E-state index contributed by atoms with van der Waals surface area (Å²) in [7, 11) is 0. The van der Waals surface area contributed by atoms with Crippen LogP contribution in [0.15, 0.2) is 11.2 Å². The summed E-state index contributed by atoms with van der Waals surface area (Å²) in [5.41, 5.74) is 0. The zero-order valence-electron chi connectivity index (χ0n) is 9.40. The summed E-state index contributed by atoms with van der Waals surface area (Å²) < 4.78 is 0. The van der Waals surface area contributed by atoms with Crippen molar-refractivity contribution in [2.75, 3.05) is 18.2 Å². The fraction of sp³-hybridized carbons (Fsp3) is 0.600. The summed E-state index contributed by atoms with van der Waals surface area (Å²) in [4.78, 5) is 8.35. The van der Waals surface area contributed by atoms with Crippen LogP contribution in [0.5, 0.6) is 0 Å². The first-order valence-electron chi connectivity index (χ1n) is 5.11. The third kappa shape index (κ3) is 4.55. The second kappa shape index (κ2) is 6.93. The second-order valence-electron chi connectivity index (χ2n) is 3.47. The summed E-state index contributed by atoms with van der Waals surface area (Å²) >= 11 is 7.33. The van der Waals surface area contributed by atoms with E-state index in [9.17, 15) is 0 Å². The molecule has 6 heteroatoms. The molecule has 0 saturated carbocycles. The van der Waals surface area contributed by atoms with Gasteiger partial charge in [0.1, 0.15) is 11.0 Å². The number of anilines is 1. The highest BCUT2D eigenvalue weighted by atomic mass is 35.5. The summed E-state index contributed by atoms with van der Waals surface area (Å²) in [6, 6.07) is 1.96. The van der Waals surface area contributed by atoms with E-state index in [-0.39, 0.29) is 12.6 Å². The van der Waals surface area contributed by atoms with E-state index in [1.807, 2.05) is 13.2 Å². The van der Waals surface area contributed by atoms with Crippen LogP contribution >= 0.6 is 23.4 Å². The minimum Gasteiger partial charge on any atom is -0.396 e. The predicted octanol–water partition coefficient (Wildman–Crippen LogP) is 2.42. The van der Waals surface area contributed by atoms with Crippen LogP contribution < -0.4 is 5.32 Å². The molecule has 0 bridgehead atoms. The number of hydrogen-bond donors (Lipinski definition) is 2. The Balaban J connectivity index is 2.61. The zero-order valence-corrected chi connectivity index (χ0v) is 11.0. The van der Waals surface area contributed by atoms with E-state index in [1.54, 1.807) is 6.07 Å². The Morgan fingerprint density at radius 1 is 1.56 bits per heavy atom. The van der Waals surface area contributed by atoms with Gasteiger partial charge in [0.05, 0.1) is 0 Å². The van der Waals surface area contributed by atoms with Crippen molar-refractivity contribution in [2.45, 2.75) is 31.0 Å². The lowest BCUT2D eigenvalue weighted by molar-refractivity contribution is 0.282. The smallest absolute Gasteiger partial charge is 0.190 e. The Bertz CT molecular complexity index is 338. The summed E-state index contributed by atoms with van der Waals surface area (Å²) in [6.45, 7) is 2.26. The number of aromatic nitrogens is 2. The molecule has 1 unspecified atom stereocenters. The van der Waals surface area contributed by atoms with Gasteiger partial charge in [-0.15, -0.1) is 0 Å². The SMILES string of the molecule is CSc1nc(Cl)cc(NC(C)CCCO)n1. The number of thioether (sulfide) groups is 1. The Kier molecular flexibility index (Phi) is 5.87. The van der Waals surface area contributed by atoms with Crippen LogP contribution in [0.25, 0.3) is 0 Å². The van der Waals surface area contributed by atoms with Crippen molar-refractivity contribution >= 4 is 29.2 Å². The topological polar surface area (TPSA) is 58.0 Å². The number of aliphatic hydroxyl groups excluding tert-OH is 1. The first-order valence-corrected chi connectivity index (χ1v) is 6.72. The Morgan fingerprint density at radius 3 is 2.94 bits per heavy atom. The Hall–Kier alpha value is -0.520. The van der Waals surface area contributed by atoms with Gasteiger partial charge in [0.15, 0.2) is 5.16 Å². The molecule has 0 aromatic carbocycles. The Morgan fingerprint density at radius 2 is 2.31 bits per heavy atom. The van der Waals surface area contributed by atoms with Crippen molar-refractivity contribution in [3.63, 3.8) is 0 Å². The molecule has 0 saturated heterocycles. The molecule has 0 aliphatic rings. The number of aliphatic hydroxyl groups is 1. The van der Waals surface area contributed by atoms with Gasteiger partial charge in [0.25, 0.3) is 0 Å². The quantitative estimate of drug-likeness (QED) is 0.468. The maximum Gasteiger partial charge on any atom is 0.190 e. The zero-order chi connectivity index (χ0) is 12.0. The van der Waals surface area contributed by atoms with Gasteiger partial charge in [-0.3, -0.25) is 0 Å². The van der Waals surface area contributed by atoms with Gasteiger partial charge in [-0.05, 0) is 26.0 Å². The second-order valence-corrected chi connectivity index (χ2v) is 4.63. The fourth-order valence-electron chi connectivity index (χ4n) is 1.28. The van der Waals surface area contributed by atoms with Crippen LogP contribution in [0.1, 0.15) is 19.8 Å². The van der Waals surface area contributed by atoms with E-state index in [1.165, 1.54) is 11.8 Å². The van der Waals surface area contributed by atoms with Crippen LogP contribution in [-0.2, 0) is 0 Å². The van der Waals surface area contributed by atoms with E-state index in [0.717, 1.165) is 18.7 Å². The van der Waals surface area contributed by atoms with Gasteiger partial charge in [-0.25, -0.2) is 9.97 Å². The molecular weight excluding hydrogens is 246 g/mol. The first-order chi connectivity index (χ1) is 7.65. The van der Waals surface area contributed by atoms with Gasteiger partial charge >= 0.3 is 0 Å². The summed E-state index contributed by atoms with van der Waals surface area (Å²) in [6.07, 6.45) is 3.58. The van der Waals surface area contributed by atoms with Crippen LogP contribution in [-0.4, -0.2) is 34.0 Å². The monoisotopic (exact) mass is 261 g/mol. The molecule has 1 aromatic rings. The van der Waals surface area contributed by atoms with Gasteiger partial charge in [0, 0.05) is 18.7 Å². The molecular formula is C10H16ClN3OS. The normalized spacial score (nSPS) is 12.5. The molecule has 0 amide bonds. The van der Waals surface area contributed by atoms with Crippen molar-refractivity contribution in [3.05, 3.63) is 11.2 Å². The number of nitrogens with zero attached hydrogens (tertiary/aromatic N) is 2. The molecule has 0 radical (unpaired) electrons. The van der Waals surface area contributed by atoms with E-state index in [4.69, 9.17) is 16.7 Å². The first kappa shape index (κ1) is 13.5. The lowest BCUT2D eigenvalue weighted by Gasteiger charge is -2.14. The molecule has 16 heavy (non-hydrogen) atoms. The van der Waals surface area contributed by atoms with Crippen LogP contribution in [0.3, 0.4) is 0 Å². The maximum absolute atomic E-state index is 8.73. The van der Waals surface area contributed by atoms with Crippen molar-refractivity contribution in [3.8, 4) is 0 Å². The minimum atomic E-state index is 0.215. The summed E-state index contributed by atoms with van der Waals surface area (Å²) in [5, 5.41) is 13.1. The van der Waals surface area contributed by atoms with Gasteiger partial charge in [0.2, 0.25) is 0 Å². The van der Waals surface area contributed by atoms with Crippen LogP contribution in [0, 0.1) is 0 Å². The molecule has 1 aromatic heterocycles. The largest absolute Gasteiger partial charge is 0.396 e. The van der Waals surface area contributed by atoms with Gasteiger partial charge in [-0.2, -0.15) is 0 Å². The molecule has 1 heterocycles. The molecule has 4 nitrogen and oxygen atoms in total. The lowest BCUT2D eigenvalue weighted by Crippen LogP contribution is -2.16.